The molecule has 0 aliphatic rings. The van der Waals surface area contributed by atoms with E-state index >= 15 is 0 Å². The van der Waals surface area contributed by atoms with E-state index in [4.69, 9.17) is 9.47 Å². The van der Waals surface area contributed by atoms with Gasteiger partial charge in [0.15, 0.2) is 0 Å². The van der Waals surface area contributed by atoms with Gasteiger partial charge in [0.25, 0.3) is 0 Å². The summed E-state index contributed by atoms with van der Waals surface area (Å²) in [6.07, 6.45) is -0.866. The molecule has 27 heavy (non-hydrogen) atoms. The number of hydrogen-bond donors (Lipinski definition) is 1. The van der Waals surface area contributed by atoms with E-state index in [2.05, 4.69) is 5.32 Å². The maximum atomic E-state index is 12.5. The van der Waals surface area contributed by atoms with E-state index in [1.807, 2.05) is 80.5 Å². The first-order chi connectivity index (χ1) is 12.2. The number of rotatable bonds is 4. The van der Waals surface area contributed by atoms with E-state index in [1.54, 1.807) is 4.90 Å². The maximum absolute atomic E-state index is 12.5. The maximum Gasteiger partial charge on any atom is 0.412 e. The number of aryl methyl sites for hydroxylation is 1. The van der Waals surface area contributed by atoms with Crippen LogP contribution >= 0.6 is 0 Å². The molecule has 0 aromatic heterocycles. The lowest BCUT2D eigenvalue weighted by atomic mass is 10.0. The molecule has 1 N–H and O–H groups in total. The van der Waals surface area contributed by atoms with Crippen LogP contribution in [0.2, 0.25) is 0 Å². The molecule has 152 valence electrons. The van der Waals surface area contributed by atoms with E-state index in [1.165, 1.54) is 0 Å². The molecule has 0 heterocycles. The Morgan fingerprint density at radius 3 is 2.11 bits per heavy atom. The largest absolute Gasteiger partial charge is 0.444 e. The Morgan fingerprint density at radius 1 is 1.07 bits per heavy atom. The summed E-state index contributed by atoms with van der Waals surface area (Å²) >= 11 is 0. The van der Waals surface area contributed by atoms with Gasteiger partial charge in [0.2, 0.25) is 0 Å². The van der Waals surface area contributed by atoms with Crippen LogP contribution < -0.4 is 5.32 Å². The van der Waals surface area contributed by atoms with Crippen molar-refractivity contribution in [3.8, 4) is 0 Å². The van der Waals surface area contributed by atoms with Crippen molar-refractivity contribution in [2.75, 3.05) is 11.9 Å². The van der Waals surface area contributed by atoms with Gasteiger partial charge < -0.3 is 14.4 Å². The molecule has 0 saturated heterocycles. The zero-order valence-electron chi connectivity index (χ0n) is 18.1. The first kappa shape index (κ1) is 22.8. The molecule has 1 aromatic rings. The highest BCUT2D eigenvalue weighted by atomic mass is 16.6. The smallest absolute Gasteiger partial charge is 0.412 e. The summed E-state index contributed by atoms with van der Waals surface area (Å²) in [5.74, 6) is 0. The highest BCUT2D eigenvalue weighted by Crippen LogP contribution is 2.27. The Morgan fingerprint density at radius 2 is 1.63 bits per heavy atom. The van der Waals surface area contributed by atoms with Gasteiger partial charge in [-0.2, -0.15) is 0 Å². The molecule has 6 nitrogen and oxygen atoms in total. The topological polar surface area (TPSA) is 67.9 Å². The quantitative estimate of drug-likeness (QED) is 0.734. The molecule has 0 aliphatic heterocycles. The lowest BCUT2D eigenvalue weighted by molar-refractivity contribution is 0.0186. The van der Waals surface area contributed by atoms with Crippen LogP contribution in [-0.4, -0.2) is 34.8 Å². The van der Waals surface area contributed by atoms with Crippen molar-refractivity contribution in [1.82, 2.24) is 4.90 Å². The molecule has 0 fully saturated rings. The predicted octanol–water partition coefficient (Wildman–Crippen LogP) is 5.66. The SMILES string of the molecule is CCN(C(=O)OC(C)(C)C)C(C)c1ccc(C)c(NC(=O)OC(C)(C)C)c1. The molecular weight excluding hydrogens is 344 g/mol. The molecule has 2 amide bonds. The van der Waals surface area contributed by atoms with Crippen LogP contribution in [0.5, 0.6) is 0 Å². The van der Waals surface area contributed by atoms with Gasteiger partial charge in [-0.3, -0.25) is 5.32 Å². The zero-order valence-corrected chi connectivity index (χ0v) is 18.1. The summed E-state index contributed by atoms with van der Waals surface area (Å²) in [6.45, 7) is 17.3. The van der Waals surface area contributed by atoms with Crippen molar-refractivity contribution in [2.24, 2.45) is 0 Å². The van der Waals surface area contributed by atoms with Gasteiger partial charge in [0.05, 0.1) is 6.04 Å². The summed E-state index contributed by atoms with van der Waals surface area (Å²) in [7, 11) is 0. The monoisotopic (exact) mass is 378 g/mol. The van der Waals surface area contributed by atoms with Crippen molar-refractivity contribution >= 4 is 17.9 Å². The molecule has 1 rings (SSSR count). The van der Waals surface area contributed by atoms with Crippen LogP contribution in [0.1, 0.15) is 72.6 Å². The van der Waals surface area contributed by atoms with Crippen LogP contribution in [0.15, 0.2) is 18.2 Å². The van der Waals surface area contributed by atoms with Gasteiger partial charge in [-0.1, -0.05) is 12.1 Å². The summed E-state index contributed by atoms with van der Waals surface area (Å²) in [4.78, 5) is 26.3. The van der Waals surface area contributed by atoms with Crippen molar-refractivity contribution in [3.05, 3.63) is 29.3 Å². The van der Waals surface area contributed by atoms with Gasteiger partial charge >= 0.3 is 12.2 Å². The molecule has 1 atom stereocenters. The summed E-state index contributed by atoms with van der Waals surface area (Å²) in [5.41, 5.74) is 1.35. The predicted molar refractivity (Wildman–Crippen MR) is 108 cm³/mol. The average Bonchev–Trinajstić information content (AvgIpc) is 2.46. The van der Waals surface area contributed by atoms with Crippen molar-refractivity contribution in [3.63, 3.8) is 0 Å². The standard InChI is InChI=1S/C21H34N2O4/c1-10-23(19(25)27-21(7,8)9)15(3)16-12-11-14(2)17(13-16)22-18(24)26-20(4,5)6/h11-13,15H,10H2,1-9H3,(H,22,24). The number of benzene rings is 1. The highest BCUT2D eigenvalue weighted by Gasteiger charge is 2.26. The number of nitrogens with zero attached hydrogens (tertiary/aromatic N) is 1. The van der Waals surface area contributed by atoms with E-state index in [-0.39, 0.29) is 12.1 Å². The Hall–Kier alpha value is -2.24. The van der Waals surface area contributed by atoms with E-state index in [0.29, 0.717) is 12.2 Å². The first-order valence-corrected chi connectivity index (χ1v) is 9.33. The van der Waals surface area contributed by atoms with Crippen LogP contribution in [0, 0.1) is 6.92 Å². The molecule has 0 aliphatic carbocycles. The molecular formula is C21H34N2O4. The fourth-order valence-electron chi connectivity index (χ4n) is 2.51. The number of ether oxygens (including phenoxy) is 2. The zero-order chi connectivity index (χ0) is 21.0. The van der Waals surface area contributed by atoms with E-state index < -0.39 is 17.3 Å². The molecule has 1 unspecified atom stereocenters. The van der Waals surface area contributed by atoms with Crippen molar-refractivity contribution in [1.29, 1.82) is 0 Å². The lowest BCUT2D eigenvalue weighted by Gasteiger charge is -2.31. The number of hydrogen-bond acceptors (Lipinski definition) is 4. The molecule has 6 heteroatoms. The first-order valence-electron chi connectivity index (χ1n) is 9.33. The molecule has 0 bridgehead atoms. The van der Waals surface area contributed by atoms with Gasteiger partial charge in [0.1, 0.15) is 11.2 Å². The summed E-state index contributed by atoms with van der Waals surface area (Å²) in [5, 5.41) is 2.79. The highest BCUT2D eigenvalue weighted by molar-refractivity contribution is 5.86. The van der Waals surface area contributed by atoms with Crippen LogP contribution in [-0.2, 0) is 9.47 Å². The Kier molecular flexibility index (Phi) is 7.29. The molecule has 1 aromatic carbocycles. The van der Waals surface area contributed by atoms with Crippen LogP contribution in [0.25, 0.3) is 0 Å². The molecule has 0 radical (unpaired) electrons. The van der Waals surface area contributed by atoms with E-state index in [0.717, 1.165) is 11.1 Å². The van der Waals surface area contributed by atoms with Crippen LogP contribution in [0.4, 0.5) is 15.3 Å². The third kappa shape index (κ3) is 7.49. The van der Waals surface area contributed by atoms with Gasteiger partial charge in [0, 0.05) is 12.2 Å². The third-order valence-corrected chi connectivity index (χ3v) is 3.82. The minimum Gasteiger partial charge on any atom is -0.444 e. The third-order valence-electron chi connectivity index (χ3n) is 3.82. The number of carbonyl (C=O) groups excluding carboxylic acids is 2. The fraction of sp³-hybridized carbons (Fsp3) is 0.619. The van der Waals surface area contributed by atoms with E-state index in [9.17, 15) is 9.59 Å². The van der Waals surface area contributed by atoms with Gasteiger partial charge in [-0.15, -0.1) is 0 Å². The van der Waals surface area contributed by atoms with Crippen molar-refractivity contribution < 1.29 is 19.1 Å². The second-order valence-corrected chi connectivity index (χ2v) is 8.64. The average molecular weight is 379 g/mol. The van der Waals surface area contributed by atoms with Gasteiger partial charge in [-0.05, 0) is 79.5 Å². The lowest BCUT2D eigenvalue weighted by Crippen LogP contribution is -2.38. The fourth-order valence-corrected chi connectivity index (χ4v) is 2.51. The van der Waals surface area contributed by atoms with Gasteiger partial charge in [-0.25, -0.2) is 9.59 Å². The van der Waals surface area contributed by atoms with Crippen LogP contribution in [0.3, 0.4) is 0 Å². The second kappa shape index (κ2) is 8.63. The summed E-state index contributed by atoms with van der Waals surface area (Å²) in [6, 6.07) is 5.54. The minimum absolute atomic E-state index is 0.204. The Labute approximate surface area is 163 Å². The number of carbonyl (C=O) groups is 2. The minimum atomic E-state index is -0.571. The summed E-state index contributed by atoms with van der Waals surface area (Å²) < 4.78 is 10.8. The normalized spacial score (nSPS) is 12.9. The number of anilines is 1. The van der Waals surface area contributed by atoms with Crippen molar-refractivity contribution in [2.45, 2.75) is 79.6 Å². The Balaban J connectivity index is 3.02. The number of nitrogens with one attached hydrogen (secondary N) is 1. The Bertz CT molecular complexity index is 672. The second-order valence-electron chi connectivity index (χ2n) is 8.64. The molecule has 0 spiro atoms. The molecule has 0 saturated carbocycles. The number of amides is 2.